The van der Waals surface area contributed by atoms with Gasteiger partial charge in [0.2, 0.25) is 0 Å². The lowest BCUT2D eigenvalue weighted by Gasteiger charge is -2.17. The van der Waals surface area contributed by atoms with Crippen LogP contribution in [-0.4, -0.2) is 9.78 Å². The molecule has 102 valence electrons. The van der Waals surface area contributed by atoms with Gasteiger partial charge in [-0.1, -0.05) is 50.6 Å². The van der Waals surface area contributed by atoms with Crippen LogP contribution in [0.2, 0.25) is 0 Å². The number of benzene rings is 1. The van der Waals surface area contributed by atoms with Crippen LogP contribution in [0.25, 0.3) is 11.1 Å². The van der Waals surface area contributed by atoms with Crippen LogP contribution in [0.15, 0.2) is 24.3 Å². The molecule has 0 aliphatic rings. The van der Waals surface area contributed by atoms with Crippen LogP contribution in [0.1, 0.15) is 32.0 Å². The summed E-state index contributed by atoms with van der Waals surface area (Å²) in [6, 6.07) is 8.47. The Morgan fingerprint density at radius 3 is 2.26 bits per heavy atom. The van der Waals surface area contributed by atoms with Crippen LogP contribution in [-0.2, 0) is 13.5 Å². The molecule has 1 aromatic heterocycles. The Labute approximate surface area is 115 Å². The van der Waals surface area contributed by atoms with Crippen molar-refractivity contribution in [1.29, 1.82) is 0 Å². The largest absolute Gasteiger partial charge is 0.383 e. The van der Waals surface area contributed by atoms with Crippen LogP contribution in [0.4, 0.5) is 5.82 Å². The van der Waals surface area contributed by atoms with E-state index in [1.807, 2.05) is 7.05 Å². The highest BCUT2D eigenvalue weighted by Crippen LogP contribution is 2.33. The summed E-state index contributed by atoms with van der Waals surface area (Å²) in [6.45, 7) is 8.75. The van der Waals surface area contributed by atoms with Crippen molar-refractivity contribution in [3.63, 3.8) is 0 Å². The van der Waals surface area contributed by atoms with Gasteiger partial charge >= 0.3 is 0 Å². The van der Waals surface area contributed by atoms with Gasteiger partial charge in [0.15, 0.2) is 0 Å². The lowest BCUT2D eigenvalue weighted by Crippen LogP contribution is -2.10. The summed E-state index contributed by atoms with van der Waals surface area (Å²) in [7, 11) is 1.90. The van der Waals surface area contributed by atoms with Gasteiger partial charge in [0, 0.05) is 12.6 Å². The smallest absolute Gasteiger partial charge is 0.129 e. The third kappa shape index (κ3) is 2.98. The second kappa shape index (κ2) is 4.72. The maximum atomic E-state index is 6.19. The van der Waals surface area contributed by atoms with Crippen molar-refractivity contribution >= 4 is 5.82 Å². The Morgan fingerprint density at radius 1 is 1.16 bits per heavy atom. The Morgan fingerprint density at radius 2 is 1.74 bits per heavy atom. The molecule has 0 atom stereocenters. The number of hydrogen-bond acceptors (Lipinski definition) is 2. The zero-order chi connectivity index (χ0) is 14.2. The third-order valence-electron chi connectivity index (χ3n) is 3.20. The summed E-state index contributed by atoms with van der Waals surface area (Å²) in [6.07, 6.45) is 0.918. The number of nitrogens with two attached hydrogens (primary N) is 1. The second-order valence-electron chi connectivity index (χ2n) is 6.43. The SMILES string of the molecule is Cc1ccc(-c2c(CC(C)(C)C)nn(C)c2N)cc1. The number of aryl methyl sites for hydroxylation is 2. The molecule has 19 heavy (non-hydrogen) atoms. The van der Waals surface area contributed by atoms with Crippen molar-refractivity contribution in [3.05, 3.63) is 35.5 Å². The lowest BCUT2D eigenvalue weighted by atomic mass is 9.88. The Kier molecular flexibility index (Phi) is 3.40. The molecular formula is C16H23N3. The summed E-state index contributed by atoms with van der Waals surface area (Å²) in [4.78, 5) is 0. The van der Waals surface area contributed by atoms with E-state index in [9.17, 15) is 0 Å². The van der Waals surface area contributed by atoms with Gasteiger partial charge in [0.1, 0.15) is 5.82 Å². The molecule has 3 nitrogen and oxygen atoms in total. The van der Waals surface area contributed by atoms with Crippen molar-refractivity contribution in [1.82, 2.24) is 9.78 Å². The first-order chi connectivity index (χ1) is 8.78. The molecule has 2 N–H and O–H groups in total. The Bertz CT molecular complexity index is 571. The molecule has 0 fully saturated rings. The first-order valence-corrected chi connectivity index (χ1v) is 6.66. The molecule has 0 spiro atoms. The normalized spacial score (nSPS) is 11.8. The van der Waals surface area contributed by atoms with E-state index in [0.29, 0.717) is 0 Å². The molecule has 2 rings (SSSR count). The molecule has 0 saturated carbocycles. The predicted molar refractivity (Wildman–Crippen MR) is 81.0 cm³/mol. The average molecular weight is 257 g/mol. The van der Waals surface area contributed by atoms with Crippen LogP contribution < -0.4 is 5.73 Å². The molecule has 0 amide bonds. The van der Waals surface area contributed by atoms with Crippen LogP contribution in [0.3, 0.4) is 0 Å². The van der Waals surface area contributed by atoms with Crippen LogP contribution in [0, 0.1) is 12.3 Å². The van der Waals surface area contributed by atoms with Gasteiger partial charge in [-0.05, 0) is 24.3 Å². The topological polar surface area (TPSA) is 43.8 Å². The number of hydrogen-bond donors (Lipinski definition) is 1. The van der Waals surface area contributed by atoms with Gasteiger partial charge in [0.05, 0.1) is 5.69 Å². The lowest BCUT2D eigenvalue weighted by molar-refractivity contribution is 0.405. The van der Waals surface area contributed by atoms with Gasteiger partial charge in [-0.15, -0.1) is 0 Å². The average Bonchev–Trinajstić information content (AvgIpc) is 2.54. The minimum atomic E-state index is 0.195. The summed E-state index contributed by atoms with van der Waals surface area (Å²) < 4.78 is 1.77. The molecule has 0 saturated heterocycles. The molecular weight excluding hydrogens is 234 g/mol. The summed E-state index contributed by atoms with van der Waals surface area (Å²) >= 11 is 0. The van der Waals surface area contributed by atoms with E-state index >= 15 is 0 Å². The van der Waals surface area contributed by atoms with Crippen molar-refractivity contribution in [3.8, 4) is 11.1 Å². The maximum absolute atomic E-state index is 6.19. The van der Waals surface area contributed by atoms with E-state index < -0.39 is 0 Å². The molecule has 0 radical (unpaired) electrons. The van der Waals surface area contributed by atoms with E-state index in [2.05, 4.69) is 57.1 Å². The monoisotopic (exact) mass is 257 g/mol. The van der Waals surface area contributed by atoms with Crippen molar-refractivity contribution < 1.29 is 0 Å². The van der Waals surface area contributed by atoms with Gasteiger partial charge in [-0.25, -0.2) is 0 Å². The summed E-state index contributed by atoms with van der Waals surface area (Å²) in [5.74, 6) is 0.739. The van der Waals surface area contributed by atoms with Crippen molar-refractivity contribution in [2.24, 2.45) is 12.5 Å². The molecule has 0 aliphatic carbocycles. The molecule has 0 bridgehead atoms. The Balaban J connectivity index is 2.52. The standard InChI is InChI=1S/C16H23N3/c1-11-6-8-12(9-7-11)14-13(10-16(2,3)4)18-19(5)15(14)17/h6-9H,10,17H2,1-5H3. The molecule has 2 aromatic rings. The van der Waals surface area contributed by atoms with E-state index in [1.165, 1.54) is 5.56 Å². The molecule has 0 aliphatic heterocycles. The van der Waals surface area contributed by atoms with Gasteiger partial charge in [-0.2, -0.15) is 5.10 Å². The second-order valence-corrected chi connectivity index (χ2v) is 6.43. The number of rotatable bonds is 2. The van der Waals surface area contributed by atoms with E-state index in [0.717, 1.165) is 29.1 Å². The predicted octanol–water partition coefficient (Wildman–Crippen LogP) is 3.57. The Hall–Kier alpha value is -1.77. The van der Waals surface area contributed by atoms with Gasteiger partial charge < -0.3 is 5.73 Å². The third-order valence-corrected chi connectivity index (χ3v) is 3.20. The van der Waals surface area contributed by atoms with Crippen molar-refractivity contribution in [2.75, 3.05) is 5.73 Å². The van der Waals surface area contributed by atoms with E-state index in [1.54, 1.807) is 4.68 Å². The zero-order valence-corrected chi connectivity index (χ0v) is 12.5. The maximum Gasteiger partial charge on any atom is 0.129 e. The fourth-order valence-corrected chi connectivity index (χ4v) is 2.26. The first-order valence-electron chi connectivity index (χ1n) is 6.66. The molecule has 1 aromatic carbocycles. The first kappa shape index (κ1) is 13.7. The highest BCUT2D eigenvalue weighted by molar-refractivity contribution is 5.76. The summed E-state index contributed by atoms with van der Waals surface area (Å²) in [5, 5.41) is 4.59. The fourth-order valence-electron chi connectivity index (χ4n) is 2.26. The number of anilines is 1. The van der Waals surface area contributed by atoms with E-state index in [4.69, 9.17) is 5.73 Å². The molecule has 3 heteroatoms. The van der Waals surface area contributed by atoms with Gasteiger partial charge in [0.25, 0.3) is 0 Å². The number of nitrogen functional groups attached to an aromatic ring is 1. The highest BCUT2D eigenvalue weighted by atomic mass is 15.3. The van der Waals surface area contributed by atoms with Crippen LogP contribution >= 0.6 is 0 Å². The molecule has 1 heterocycles. The number of aromatic nitrogens is 2. The number of nitrogens with zero attached hydrogens (tertiary/aromatic N) is 2. The zero-order valence-electron chi connectivity index (χ0n) is 12.5. The quantitative estimate of drug-likeness (QED) is 0.894. The minimum absolute atomic E-state index is 0.195. The highest BCUT2D eigenvalue weighted by Gasteiger charge is 2.21. The van der Waals surface area contributed by atoms with Gasteiger partial charge in [-0.3, -0.25) is 4.68 Å². The van der Waals surface area contributed by atoms with E-state index in [-0.39, 0.29) is 5.41 Å². The van der Waals surface area contributed by atoms with Crippen molar-refractivity contribution in [2.45, 2.75) is 34.1 Å². The summed E-state index contributed by atoms with van der Waals surface area (Å²) in [5.41, 5.74) is 11.0. The fraction of sp³-hybridized carbons (Fsp3) is 0.438. The van der Waals surface area contributed by atoms with Crippen LogP contribution in [0.5, 0.6) is 0 Å². The molecule has 0 unspecified atom stereocenters. The minimum Gasteiger partial charge on any atom is -0.383 e.